The number of hydrogen-bond donors (Lipinski definition) is 0. The van der Waals surface area contributed by atoms with Crippen LogP contribution in [0, 0.1) is 12.7 Å². The van der Waals surface area contributed by atoms with Gasteiger partial charge in [0.05, 0.1) is 15.4 Å². The molecule has 0 radical (unpaired) electrons. The van der Waals surface area contributed by atoms with Gasteiger partial charge in [0, 0.05) is 6.20 Å². The van der Waals surface area contributed by atoms with E-state index < -0.39 is 5.82 Å². The molecule has 0 aliphatic heterocycles. The summed E-state index contributed by atoms with van der Waals surface area (Å²) in [6.07, 6.45) is 1.44. The van der Waals surface area contributed by atoms with Gasteiger partial charge >= 0.3 is 0 Å². The van der Waals surface area contributed by atoms with Gasteiger partial charge < -0.3 is 4.42 Å². The Hall–Kier alpha value is -1.98. The molecule has 0 fully saturated rings. The van der Waals surface area contributed by atoms with Gasteiger partial charge in [0.2, 0.25) is 0 Å². The fourth-order valence-electron chi connectivity index (χ4n) is 1.87. The first-order chi connectivity index (χ1) is 10.0. The molecule has 0 saturated heterocycles. The summed E-state index contributed by atoms with van der Waals surface area (Å²) in [4.78, 5) is 3.96. The lowest BCUT2D eigenvalue weighted by atomic mass is 10.2. The first-order valence-corrected chi connectivity index (χ1v) is 6.71. The normalized spacial score (nSPS) is 11.6. The van der Waals surface area contributed by atoms with Crippen molar-refractivity contribution in [2.75, 3.05) is 0 Å². The van der Waals surface area contributed by atoms with Crippen LogP contribution in [0.3, 0.4) is 0 Å². The zero-order chi connectivity index (χ0) is 15.0. The lowest BCUT2D eigenvalue weighted by Gasteiger charge is -1.99. The maximum atomic E-state index is 14.0. The fraction of sp³-hybridized carbons (Fsp3) is 0.0714. The van der Waals surface area contributed by atoms with Gasteiger partial charge in [0.25, 0.3) is 0 Å². The van der Waals surface area contributed by atoms with Crippen LogP contribution < -0.4 is 0 Å². The predicted octanol–water partition coefficient (Wildman–Crippen LogP) is 6.00. The molecule has 0 saturated carbocycles. The Bertz CT molecular complexity index is 844. The van der Waals surface area contributed by atoms with Crippen molar-refractivity contribution in [1.29, 1.82) is 0 Å². The molecule has 21 heavy (non-hydrogen) atoms. The Balaban J connectivity index is 2.09. The Morgan fingerprint density at radius 2 is 2.00 bits per heavy atom. The van der Waals surface area contributed by atoms with Crippen LogP contribution in [-0.4, -0.2) is 4.98 Å². The highest BCUT2D eigenvalue weighted by molar-refractivity contribution is 6.35. The smallest absolute Gasteiger partial charge is 0.174 e. The minimum Gasteiger partial charge on any atom is -0.460 e. The number of hydrogen-bond acceptors (Lipinski definition) is 4. The quantitative estimate of drug-likeness (QED) is 0.543. The molecule has 0 aliphatic rings. The molecule has 3 rings (SSSR count). The number of rotatable bonds is 2. The van der Waals surface area contributed by atoms with E-state index in [1.165, 1.54) is 6.20 Å². The summed E-state index contributed by atoms with van der Waals surface area (Å²) < 4.78 is 19.5. The van der Waals surface area contributed by atoms with Gasteiger partial charge in [-0.1, -0.05) is 23.2 Å². The van der Waals surface area contributed by atoms with Crippen LogP contribution in [-0.2, 0) is 0 Å². The molecule has 0 spiro atoms. The molecule has 0 unspecified atom stereocenters. The highest BCUT2D eigenvalue weighted by Gasteiger charge is 2.15. The first-order valence-electron chi connectivity index (χ1n) is 5.96. The summed E-state index contributed by atoms with van der Waals surface area (Å²) in [5, 5.41) is 8.96. The molecule has 7 heteroatoms. The molecule has 0 bridgehead atoms. The number of furan rings is 1. The second kappa shape index (κ2) is 5.42. The highest BCUT2D eigenvalue weighted by atomic mass is 35.5. The number of benzene rings is 1. The number of azo groups is 1. The van der Waals surface area contributed by atoms with E-state index in [0.717, 1.165) is 6.07 Å². The van der Waals surface area contributed by atoms with E-state index in [0.29, 0.717) is 27.6 Å². The number of halogens is 3. The second-order valence-corrected chi connectivity index (χ2v) is 5.17. The molecule has 0 amide bonds. The molecule has 2 heterocycles. The third-order valence-corrected chi connectivity index (χ3v) is 3.28. The van der Waals surface area contributed by atoms with Gasteiger partial charge in [-0.2, -0.15) is 0 Å². The molecular formula is C14H8Cl2FN3O. The molecule has 106 valence electrons. The SMILES string of the molecule is Cc1cc2c(N=Nc3ccc(Cl)cn3)c(F)cc(Cl)c2o1. The molecule has 2 aromatic heterocycles. The number of aromatic nitrogens is 1. The Morgan fingerprint density at radius 1 is 1.19 bits per heavy atom. The lowest BCUT2D eigenvalue weighted by Crippen LogP contribution is -1.78. The second-order valence-electron chi connectivity index (χ2n) is 4.32. The summed E-state index contributed by atoms with van der Waals surface area (Å²) >= 11 is 11.7. The standard InChI is InChI=1S/C14H8Cl2FN3O/c1-7-4-9-13(11(17)5-10(16)14(9)21-7)20-19-12-3-2-8(15)6-18-12/h2-6H,1H3. The van der Waals surface area contributed by atoms with Gasteiger partial charge in [-0.05, 0) is 31.2 Å². The minimum absolute atomic E-state index is 0.0583. The summed E-state index contributed by atoms with van der Waals surface area (Å²) in [6, 6.07) is 6.01. The number of fused-ring (bicyclic) bond motifs is 1. The summed E-state index contributed by atoms with van der Waals surface area (Å²) in [6.45, 7) is 1.75. The average molecular weight is 324 g/mol. The molecular weight excluding hydrogens is 316 g/mol. The predicted molar refractivity (Wildman–Crippen MR) is 79.3 cm³/mol. The summed E-state index contributed by atoms with van der Waals surface area (Å²) in [5.74, 6) is 0.353. The molecule has 3 aromatic rings. The number of nitrogens with zero attached hydrogens (tertiary/aromatic N) is 3. The average Bonchev–Trinajstić information content (AvgIpc) is 2.83. The van der Waals surface area contributed by atoms with Crippen molar-refractivity contribution in [3.63, 3.8) is 0 Å². The first kappa shape index (κ1) is 14.0. The zero-order valence-corrected chi connectivity index (χ0v) is 12.3. The highest BCUT2D eigenvalue weighted by Crippen LogP contribution is 2.37. The van der Waals surface area contributed by atoms with Gasteiger partial charge in [0.15, 0.2) is 17.2 Å². The topological polar surface area (TPSA) is 50.8 Å². The van der Waals surface area contributed by atoms with Crippen molar-refractivity contribution in [2.24, 2.45) is 10.2 Å². The van der Waals surface area contributed by atoms with Gasteiger partial charge in [-0.15, -0.1) is 10.2 Å². The number of aryl methyl sites for hydroxylation is 1. The Morgan fingerprint density at radius 3 is 2.71 bits per heavy atom. The van der Waals surface area contributed by atoms with Crippen LogP contribution >= 0.6 is 23.2 Å². The Kier molecular flexibility index (Phi) is 3.61. The minimum atomic E-state index is -0.578. The molecule has 0 N–H and O–H groups in total. The summed E-state index contributed by atoms with van der Waals surface area (Å²) in [5.41, 5.74) is 0.441. The third-order valence-electron chi connectivity index (χ3n) is 2.77. The van der Waals surface area contributed by atoms with Crippen LogP contribution in [0.25, 0.3) is 11.0 Å². The monoisotopic (exact) mass is 323 g/mol. The van der Waals surface area contributed by atoms with Crippen LogP contribution in [0.5, 0.6) is 0 Å². The number of pyridine rings is 1. The van der Waals surface area contributed by atoms with Crippen LogP contribution in [0.4, 0.5) is 15.9 Å². The lowest BCUT2D eigenvalue weighted by molar-refractivity contribution is 0.577. The van der Waals surface area contributed by atoms with E-state index in [-0.39, 0.29) is 10.7 Å². The van der Waals surface area contributed by atoms with Crippen molar-refractivity contribution in [2.45, 2.75) is 6.92 Å². The van der Waals surface area contributed by atoms with Crippen molar-refractivity contribution >= 4 is 45.7 Å². The zero-order valence-electron chi connectivity index (χ0n) is 10.8. The molecule has 0 aliphatic carbocycles. The van der Waals surface area contributed by atoms with Crippen molar-refractivity contribution in [1.82, 2.24) is 4.98 Å². The van der Waals surface area contributed by atoms with E-state index in [9.17, 15) is 4.39 Å². The van der Waals surface area contributed by atoms with E-state index in [1.54, 1.807) is 25.1 Å². The fourth-order valence-corrected chi connectivity index (χ4v) is 2.22. The van der Waals surface area contributed by atoms with Crippen LogP contribution in [0.15, 0.2) is 45.1 Å². The van der Waals surface area contributed by atoms with Gasteiger partial charge in [0.1, 0.15) is 11.4 Å². The summed E-state index contributed by atoms with van der Waals surface area (Å²) in [7, 11) is 0. The van der Waals surface area contributed by atoms with Crippen LogP contribution in [0.1, 0.15) is 5.76 Å². The van der Waals surface area contributed by atoms with E-state index in [1.807, 2.05) is 0 Å². The Labute approximate surface area is 129 Å². The van der Waals surface area contributed by atoms with E-state index >= 15 is 0 Å². The third kappa shape index (κ3) is 2.75. The van der Waals surface area contributed by atoms with Crippen molar-refractivity contribution in [3.05, 3.63) is 52.1 Å². The largest absolute Gasteiger partial charge is 0.460 e. The van der Waals surface area contributed by atoms with Crippen LogP contribution in [0.2, 0.25) is 10.0 Å². The maximum absolute atomic E-state index is 14.0. The molecule has 1 aromatic carbocycles. The molecule has 0 atom stereocenters. The van der Waals surface area contributed by atoms with E-state index in [4.69, 9.17) is 27.6 Å². The van der Waals surface area contributed by atoms with Gasteiger partial charge in [-0.3, -0.25) is 0 Å². The van der Waals surface area contributed by atoms with Gasteiger partial charge in [-0.25, -0.2) is 9.37 Å². The maximum Gasteiger partial charge on any atom is 0.174 e. The molecule has 4 nitrogen and oxygen atoms in total. The van der Waals surface area contributed by atoms with Crippen molar-refractivity contribution < 1.29 is 8.81 Å². The van der Waals surface area contributed by atoms with Crippen molar-refractivity contribution in [3.8, 4) is 0 Å². The van der Waals surface area contributed by atoms with E-state index in [2.05, 4.69) is 15.2 Å².